The number of piperidine rings is 1. The first-order chi connectivity index (χ1) is 17.8. The maximum absolute atomic E-state index is 13.5. The van der Waals surface area contributed by atoms with Gasteiger partial charge in [0.1, 0.15) is 11.6 Å². The van der Waals surface area contributed by atoms with E-state index in [9.17, 15) is 9.59 Å². The Morgan fingerprint density at radius 1 is 1.08 bits per heavy atom. The van der Waals surface area contributed by atoms with Crippen molar-refractivity contribution >= 4 is 38.8 Å². The summed E-state index contributed by atoms with van der Waals surface area (Å²) in [6.45, 7) is 3.70. The molecule has 2 aliphatic heterocycles. The van der Waals surface area contributed by atoms with E-state index in [0.29, 0.717) is 35.3 Å². The van der Waals surface area contributed by atoms with E-state index in [0.717, 1.165) is 29.9 Å². The van der Waals surface area contributed by atoms with E-state index in [1.807, 2.05) is 12.1 Å². The molecule has 2 N–H and O–H groups in total. The molecule has 10 heteroatoms. The number of carbonyl (C=O) groups is 2. The second-order valence-corrected chi connectivity index (χ2v) is 14.8. The molecule has 0 radical (unpaired) electrons. The fourth-order valence-electron chi connectivity index (χ4n) is 5.07. The van der Waals surface area contributed by atoms with Crippen molar-refractivity contribution < 1.29 is 14.4 Å². The number of pyridine rings is 1. The summed E-state index contributed by atoms with van der Waals surface area (Å²) >= 11 is 0. The SMILES string of the molecule is C[C@H]1C[C@@H](NC(=O)[C@@H](CC2CS2(C)C)NOC(=O)c2ccccc2)CN(c2ccnc3nccnc23)C1. The summed E-state index contributed by atoms with van der Waals surface area (Å²) in [4.78, 5) is 46.8. The van der Waals surface area contributed by atoms with Crippen LogP contribution < -0.4 is 15.7 Å². The van der Waals surface area contributed by atoms with Crippen molar-refractivity contribution in [2.75, 3.05) is 36.3 Å². The second kappa shape index (κ2) is 10.6. The van der Waals surface area contributed by atoms with E-state index in [4.69, 9.17) is 4.84 Å². The molecule has 4 heterocycles. The van der Waals surface area contributed by atoms with Gasteiger partial charge in [-0.05, 0) is 60.5 Å². The topological polar surface area (TPSA) is 109 Å². The number of nitrogens with zero attached hydrogens (tertiary/aromatic N) is 4. The van der Waals surface area contributed by atoms with Crippen molar-refractivity contribution in [3.05, 3.63) is 60.6 Å². The van der Waals surface area contributed by atoms with E-state index in [2.05, 4.69) is 50.1 Å². The average molecular weight is 523 g/mol. The number of hydrogen-bond donors (Lipinski definition) is 2. The van der Waals surface area contributed by atoms with Gasteiger partial charge in [0.2, 0.25) is 5.91 Å². The van der Waals surface area contributed by atoms with Gasteiger partial charge in [-0.25, -0.2) is 29.8 Å². The molecule has 5 rings (SSSR count). The molecule has 2 saturated heterocycles. The Morgan fingerprint density at radius 3 is 2.57 bits per heavy atom. The molecule has 0 saturated carbocycles. The number of hydroxylamine groups is 1. The van der Waals surface area contributed by atoms with E-state index in [1.54, 1.807) is 42.9 Å². The Hall–Kier alpha value is -3.24. The van der Waals surface area contributed by atoms with Crippen molar-refractivity contribution in [3.63, 3.8) is 0 Å². The van der Waals surface area contributed by atoms with Gasteiger partial charge in [-0.1, -0.05) is 25.1 Å². The van der Waals surface area contributed by atoms with Gasteiger partial charge in [-0.2, -0.15) is 0 Å². The Morgan fingerprint density at radius 2 is 1.81 bits per heavy atom. The number of aromatic nitrogens is 3. The van der Waals surface area contributed by atoms with Crippen molar-refractivity contribution in [1.29, 1.82) is 0 Å². The van der Waals surface area contributed by atoms with Crippen molar-refractivity contribution in [2.24, 2.45) is 5.92 Å². The van der Waals surface area contributed by atoms with Crippen LogP contribution in [0.2, 0.25) is 0 Å². The highest BCUT2D eigenvalue weighted by atomic mass is 32.3. The van der Waals surface area contributed by atoms with Crippen molar-refractivity contribution in [2.45, 2.75) is 37.1 Å². The molecule has 1 unspecified atom stereocenters. The normalized spacial score (nSPS) is 24.2. The summed E-state index contributed by atoms with van der Waals surface area (Å²) in [6, 6.07) is 10.1. The van der Waals surface area contributed by atoms with Crippen LogP contribution in [0.25, 0.3) is 11.2 Å². The molecular weight excluding hydrogens is 488 g/mol. The van der Waals surface area contributed by atoms with Crippen LogP contribution in [-0.2, 0) is 9.63 Å². The zero-order chi connectivity index (χ0) is 26.0. The van der Waals surface area contributed by atoms with Gasteiger partial charge in [-0.3, -0.25) is 4.79 Å². The lowest BCUT2D eigenvalue weighted by atomic mass is 9.95. The molecule has 9 nitrogen and oxygen atoms in total. The molecule has 2 aliphatic rings. The minimum atomic E-state index is -0.672. The van der Waals surface area contributed by atoms with Crippen LogP contribution in [0, 0.1) is 5.92 Å². The molecule has 4 atom stereocenters. The zero-order valence-corrected chi connectivity index (χ0v) is 22.3. The number of carbonyl (C=O) groups excluding carboxylic acids is 2. The van der Waals surface area contributed by atoms with Gasteiger partial charge in [0.15, 0.2) is 5.65 Å². The molecule has 3 aromatic rings. The first-order valence-corrected chi connectivity index (χ1v) is 15.3. The third kappa shape index (κ3) is 6.02. The quantitative estimate of drug-likeness (QED) is 0.343. The number of amides is 1. The number of nitrogens with one attached hydrogen (secondary N) is 2. The predicted octanol–water partition coefficient (Wildman–Crippen LogP) is 2.92. The van der Waals surface area contributed by atoms with Crippen LogP contribution >= 0.6 is 10.0 Å². The second-order valence-electron chi connectivity index (χ2n) is 10.6. The molecule has 2 fully saturated rings. The van der Waals surface area contributed by atoms with Crippen LogP contribution in [0.15, 0.2) is 55.0 Å². The largest absolute Gasteiger partial charge is 0.367 e. The fourth-order valence-corrected chi connectivity index (χ4v) is 7.62. The Bertz CT molecular complexity index is 1270. The highest BCUT2D eigenvalue weighted by Crippen LogP contribution is 2.63. The molecule has 0 spiro atoms. The summed E-state index contributed by atoms with van der Waals surface area (Å²) in [6.07, 6.45) is 11.1. The summed E-state index contributed by atoms with van der Waals surface area (Å²) in [5.41, 5.74) is 5.59. The maximum Gasteiger partial charge on any atom is 0.356 e. The molecule has 196 valence electrons. The first-order valence-electron chi connectivity index (χ1n) is 12.6. The van der Waals surface area contributed by atoms with E-state index in [1.165, 1.54) is 0 Å². The summed E-state index contributed by atoms with van der Waals surface area (Å²) < 4.78 is 0. The van der Waals surface area contributed by atoms with E-state index >= 15 is 0 Å². The number of rotatable bonds is 8. The molecule has 1 amide bonds. The highest BCUT2D eigenvalue weighted by molar-refractivity contribution is 8.39. The van der Waals surface area contributed by atoms with E-state index in [-0.39, 0.29) is 11.9 Å². The molecule has 1 aromatic carbocycles. The Kier molecular flexibility index (Phi) is 7.30. The van der Waals surface area contributed by atoms with Crippen LogP contribution in [0.5, 0.6) is 0 Å². The van der Waals surface area contributed by atoms with Crippen LogP contribution in [0.3, 0.4) is 0 Å². The maximum atomic E-state index is 13.5. The lowest BCUT2D eigenvalue weighted by Gasteiger charge is -2.38. The first kappa shape index (κ1) is 25.4. The summed E-state index contributed by atoms with van der Waals surface area (Å²) in [5.74, 6) is 0.869. The highest BCUT2D eigenvalue weighted by Gasteiger charge is 2.43. The monoisotopic (exact) mass is 522 g/mol. The van der Waals surface area contributed by atoms with Crippen LogP contribution in [0.4, 0.5) is 5.69 Å². The number of benzene rings is 1. The zero-order valence-electron chi connectivity index (χ0n) is 21.5. The van der Waals surface area contributed by atoms with E-state index < -0.39 is 22.0 Å². The smallest absolute Gasteiger partial charge is 0.356 e. The molecule has 37 heavy (non-hydrogen) atoms. The number of fused-ring (bicyclic) bond motifs is 1. The van der Waals surface area contributed by atoms with Gasteiger partial charge < -0.3 is 15.1 Å². The molecule has 2 aromatic heterocycles. The van der Waals surface area contributed by atoms with Gasteiger partial charge in [0, 0.05) is 37.7 Å². The number of hydrogen-bond acceptors (Lipinski definition) is 8. The minimum Gasteiger partial charge on any atom is -0.367 e. The van der Waals surface area contributed by atoms with Gasteiger partial charge in [0.25, 0.3) is 0 Å². The van der Waals surface area contributed by atoms with Crippen molar-refractivity contribution in [3.8, 4) is 0 Å². The van der Waals surface area contributed by atoms with Crippen LogP contribution in [0.1, 0.15) is 30.1 Å². The van der Waals surface area contributed by atoms with Gasteiger partial charge in [-0.15, -0.1) is 5.48 Å². The molecular formula is C27H34N6O3S. The summed E-state index contributed by atoms with van der Waals surface area (Å²) in [7, 11) is -0.672. The Labute approximate surface area is 218 Å². The third-order valence-corrected chi connectivity index (χ3v) is 10.2. The third-order valence-electron chi connectivity index (χ3n) is 7.22. The van der Waals surface area contributed by atoms with Crippen LogP contribution in [-0.4, -0.2) is 75.5 Å². The fraction of sp³-hybridized carbons (Fsp3) is 0.444. The standard InChI is InChI=1S/C27H34N6O3S/c1-18-13-20(16-33(15-18)23-9-10-29-25-24(23)28-11-12-30-25)31-26(34)22(14-21-17-37(21,2)3)32-36-27(35)19-7-5-4-6-8-19/h4-12,18,20-22,32H,13-17H2,1-3H3,(H,31,34)/t18-,20+,21?,22+/m0/s1. The number of anilines is 1. The predicted molar refractivity (Wildman–Crippen MR) is 147 cm³/mol. The minimum absolute atomic E-state index is 0.0511. The van der Waals surface area contributed by atoms with Crippen molar-refractivity contribution in [1.82, 2.24) is 25.7 Å². The van der Waals surface area contributed by atoms with Gasteiger partial charge >= 0.3 is 5.97 Å². The lowest BCUT2D eigenvalue weighted by Crippen LogP contribution is -2.55. The lowest BCUT2D eigenvalue weighted by molar-refractivity contribution is -0.126. The summed E-state index contributed by atoms with van der Waals surface area (Å²) in [5, 5.41) is 3.73. The molecule has 0 aliphatic carbocycles. The molecule has 0 bridgehead atoms. The van der Waals surface area contributed by atoms with Gasteiger partial charge in [0.05, 0.1) is 11.3 Å². The average Bonchev–Trinajstić information content (AvgIpc) is 3.51. The Balaban J connectivity index is 1.27.